The van der Waals surface area contributed by atoms with Crippen molar-refractivity contribution in [3.05, 3.63) is 12.2 Å². The second kappa shape index (κ2) is 7.58. The predicted octanol–water partition coefficient (Wildman–Crippen LogP) is 1.60. The lowest BCUT2D eigenvalue weighted by Crippen LogP contribution is -2.50. The molecule has 0 radical (unpaired) electrons. The lowest BCUT2D eigenvalue weighted by atomic mass is 9.94. The zero-order chi connectivity index (χ0) is 16.1. The molecular formula is C15H27N5O2. The molecule has 22 heavy (non-hydrogen) atoms. The number of urea groups is 1. The Balaban J connectivity index is 2.03. The average Bonchev–Trinajstić information content (AvgIpc) is 2.91. The Labute approximate surface area is 131 Å². The standard InChI is InChI=1S/C15H27N5O2/c1-11(21)9-20(13-7-5-4-6-8-13)15(22)17-12(2)14-18-16-10-19(14)3/h10-13,21H,4-9H2,1-3H3,(H,17,22). The number of aliphatic hydroxyl groups excluding tert-OH is 1. The van der Waals surface area contributed by atoms with Crippen molar-refractivity contribution in [3.8, 4) is 0 Å². The smallest absolute Gasteiger partial charge is 0.318 e. The summed E-state index contributed by atoms with van der Waals surface area (Å²) in [5.74, 6) is 0.717. The molecule has 124 valence electrons. The van der Waals surface area contributed by atoms with Crippen LogP contribution >= 0.6 is 0 Å². The monoisotopic (exact) mass is 309 g/mol. The van der Waals surface area contributed by atoms with Gasteiger partial charge < -0.3 is 19.9 Å². The number of nitrogens with one attached hydrogen (secondary N) is 1. The number of hydrogen-bond acceptors (Lipinski definition) is 4. The van der Waals surface area contributed by atoms with Gasteiger partial charge in [-0.3, -0.25) is 0 Å². The molecule has 1 heterocycles. The van der Waals surface area contributed by atoms with Gasteiger partial charge in [0, 0.05) is 19.6 Å². The van der Waals surface area contributed by atoms with Crippen LogP contribution in [-0.2, 0) is 7.05 Å². The molecule has 2 rings (SSSR count). The second-order valence-electron chi connectivity index (χ2n) is 6.26. The third-order valence-corrected chi connectivity index (χ3v) is 4.21. The topological polar surface area (TPSA) is 83.3 Å². The first kappa shape index (κ1) is 16.7. The van der Waals surface area contributed by atoms with Gasteiger partial charge in [0.25, 0.3) is 0 Å². The highest BCUT2D eigenvalue weighted by atomic mass is 16.3. The molecule has 0 aliphatic heterocycles. The van der Waals surface area contributed by atoms with Crippen molar-refractivity contribution >= 4 is 6.03 Å². The van der Waals surface area contributed by atoms with Crippen LogP contribution in [0.1, 0.15) is 57.8 Å². The molecule has 7 heteroatoms. The lowest BCUT2D eigenvalue weighted by molar-refractivity contribution is 0.0978. The molecule has 1 aliphatic rings. The van der Waals surface area contributed by atoms with E-state index in [1.807, 2.05) is 14.0 Å². The van der Waals surface area contributed by atoms with Crippen LogP contribution in [-0.4, -0.2) is 49.5 Å². The molecule has 2 N–H and O–H groups in total. The van der Waals surface area contributed by atoms with Crippen molar-refractivity contribution in [3.63, 3.8) is 0 Å². The maximum Gasteiger partial charge on any atom is 0.318 e. The summed E-state index contributed by atoms with van der Waals surface area (Å²) in [6.07, 6.45) is 6.64. The highest BCUT2D eigenvalue weighted by Crippen LogP contribution is 2.23. The summed E-state index contributed by atoms with van der Waals surface area (Å²) < 4.78 is 1.80. The minimum atomic E-state index is -0.530. The predicted molar refractivity (Wildman–Crippen MR) is 83.2 cm³/mol. The summed E-state index contributed by atoms with van der Waals surface area (Å²) in [6.45, 7) is 3.97. The number of aryl methyl sites for hydroxylation is 1. The van der Waals surface area contributed by atoms with Crippen LogP contribution in [0.25, 0.3) is 0 Å². The van der Waals surface area contributed by atoms with Gasteiger partial charge in [0.1, 0.15) is 6.33 Å². The van der Waals surface area contributed by atoms with E-state index in [-0.39, 0.29) is 18.1 Å². The fraction of sp³-hybridized carbons (Fsp3) is 0.800. The molecule has 0 spiro atoms. The zero-order valence-electron chi connectivity index (χ0n) is 13.7. The van der Waals surface area contributed by atoms with Gasteiger partial charge >= 0.3 is 6.03 Å². The fourth-order valence-corrected chi connectivity index (χ4v) is 3.09. The highest BCUT2D eigenvalue weighted by molar-refractivity contribution is 5.75. The molecule has 2 unspecified atom stereocenters. The lowest BCUT2D eigenvalue weighted by Gasteiger charge is -2.35. The van der Waals surface area contributed by atoms with Crippen LogP contribution < -0.4 is 5.32 Å². The SMILES string of the molecule is CC(O)CN(C(=O)NC(C)c1nncn1C)C1CCCCC1. The molecule has 1 aromatic heterocycles. The summed E-state index contributed by atoms with van der Waals surface area (Å²) in [6, 6.07) is -0.140. The Morgan fingerprint density at radius 2 is 2.14 bits per heavy atom. The summed E-state index contributed by atoms with van der Waals surface area (Å²) in [7, 11) is 1.85. The summed E-state index contributed by atoms with van der Waals surface area (Å²) in [5.41, 5.74) is 0. The van der Waals surface area contributed by atoms with Crippen molar-refractivity contribution < 1.29 is 9.90 Å². The first-order valence-electron chi connectivity index (χ1n) is 8.08. The van der Waals surface area contributed by atoms with Crippen molar-refractivity contribution in [2.75, 3.05) is 6.54 Å². The average molecular weight is 309 g/mol. The van der Waals surface area contributed by atoms with E-state index < -0.39 is 6.10 Å². The summed E-state index contributed by atoms with van der Waals surface area (Å²) >= 11 is 0. The van der Waals surface area contributed by atoms with Crippen LogP contribution in [0.15, 0.2) is 6.33 Å². The van der Waals surface area contributed by atoms with Crippen LogP contribution in [0.4, 0.5) is 4.79 Å². The van der Waals surface area contributed by atoms with Crippen LogP contribution in [0.3, 0.4) is 0 Å². The second-order valence-corrected chi connectivity index (χ2v) is 6.26. The van der Waals surface area contributed by atoms with Gasteiger partial charge in [0.15, 0.2) is 5.82 Å². The van der Waals surface area contributed by atoms with E-state index in [0.717, 1.165) is 25.7 Å². The van der Waals surface area contributed by atoms with Crippen molar-refractivity contribution in [2.24, 2.45) is 7.05 Å². The normalized spacial score (nSPS) is 18.7. The Hall–Kier alpha value is -1.63. The van der Waals surface area contributed by atoms with Gasteiger partial charge in [0.2, 0.25) is 0 Å². The van der Waals surface area contributed by atoms with Crippen LogP contribution in [0.5, 0.6) is 0 Å². The number of carbonyl (C=O) groups excluding carboxylic acids is 1. The fourth-order valence-electron chi connectivity index (χ4n) is 3.09. The number of aromatic nitrogens is 3. The largest absolute Gasteiger partial charge is 0.392 e. The molecule has 1 saturated carbocycles. The van der Waals surface area contributed by atoms with E-state index >= 15 is 0 Å². The van der Waals surface area contributed by atoms with E-state index in [2.05, 4.69) is 15.5 Å². The van der Waals surface area contributed by atoms with Gasteiger partial charge in [0.05, 0.1) is 12.1 Å². The molecule has 7 nitrogen and oxygen atoms in total. The minimum Gasteiger partial charge on any atom is -0.392 e. The third kappa shape index (κ3) is 4.19. The Bertz CT molecular complexity index is 482. The maximum atomic E-state index is 12.6. The van der Waals surface area contributed by atoms with E-state index in [9.17, 15) is 9.90 Å². The van der Waals surface area contributed by atoms with Gasteiger partial charge in [-0.25, -0.2) is 4.79 Å². The number of aliphatic hydroxyl groups is 1. The van der Waals surface area contributed by atoms with Gasteiger partial charge in [-0.05, 0) is 26.7 Å². The Morgan fingerprint density at radius 1 is 1.45 bits per heavy atom. The highest BCUT2D eigenvalue weighted by Gasteiger charge is 2.27. The van der Waals surface area contributed by atoms with Gasteiger partial charge in [-0.2, -0.15) is 0 Å². The minimum absolute atomic E-state index is 0.136. The van der Waals surface area contributed by atoms with Crippen molar-refractivity contribution in [1.82, 2.24) is 25.0 Å². The van der Waals surface area contributed by atoms with Crippen molar-refractivity contribution in [2.45, 2.75) is 64.1 Å². The number of nitrogens with zero attached hydrogens (tertiary/aromatic N) is 4. The first-order chi connectivity index (χ1) is 10.5. The maximum absolute atomic E-state index is 12.6. The molecule has 2 atom stereocenters. The van der Waals surface area contributed by atoms with Crippen LogP contribution in [0, 0.1) is 0 Å². The first-order valence-corrected chi connectivity index (χ1v) is 8.08. The van der Waals surface area contributed by atoms with Gasteiger partial charge in [-0.1, -0.05) is 19.3 Å². The third-order valence-electron chi connectivity index (χ3n) is 4.21. The molecule has 1 fully saturated rings. The van der Waals surface area contributed by atoms with Gasteiger partial charge in [-0.15, -0.1) is 10.2 Å². The zero-order valence-corrected chi connectivity index (χ0v) is 13.7. The molecular weight excluding hydrogens is 282 g/mol. The molecule has 0 saturated heterocycles. The Morgan fingerprint density at radius 3 is 2.68 bits per heavy atom. The number of hydrogen-bond donors (Lipinski definition) is 2. The van der Waals surface area contributed by atoms with E-state index in [1.165, 1.54) is 6.42 Å². The van der Waals surface area contributed by atoms with E-state index in [1.54, 1.807) is 22.7 Å². The summed E-state index contributed by atoms with van der Waals surface area (Å²) in [4.78, 5) is 14.4. The van der Waals surface area contributed by atoms with E-state index in [4.69, 9.17) is 0 Å². The quantitative estimate of drug-likeness (QED) is 0.865. The Kier molecular flexibility index (Phi) is 5.76. The number of rotatable bonds is 5. The molecule has 1 aliphatic carbocycles. The number of carbonyl (C=O) groups is 1. The molecule has 0 aromatic carbocycles. The van der Waals surface area contributed by atoms with Crippen LogP contribution in [0.2, 0.25) is 0 Å². The van der Waals surface area contributed by atoms with E-state index in [0.29, 0.717) is 12.4 Å². The molecule has 0 bridgehead atoms. The summed E-state index contributed by atoms with van der Waals surface area (Å²) in [5, 5.41) is 20.6. The molecule has 1 aromatic rings. The number of amides is 2. The molecule has 2 amide bonds. The van der Waals surface area contributed by atoms with Crippen molar-refractivity contribution in [1.29, 1.82) is 0 Å².